The minimum Gasteiger partial charge on any atom is -0.383 e. The molecule has 0 spiro atoms. The normalized spacial score (nSPS) is 18.4. The fourth-order valence-corrected chi connectivity index (χ4v) is 3.67. The van der Waals surface area contributed by atoms with Crippen LogP contribution in [0.1, 0.15) is 51.1 Å². The van der Waals surface area contributed by atoms with E-state index >= 15 is 0 Å². The predicted octanol–water partition coefficient (Wildman–Crippen LogP) is 2.97. The van der Waals surface area contributed by atoms with Gasteiger partial charge in [0.15, 0.2) is 0 Å². The van der Waals surface area contributed by atoms with Crippen LogP contribution in [0.3, 0.4) is 0 Å². The lowest BCUT2D eigenvalue weighted by molar-refractivity contribution is 0.0768. The maximum Gasteiger partial charge on any atom is 0.128 e. The summed E-state index contributed by atoms with van der Waals surface area (Å²) in [5.74, 6) is 0.493. The summed E-state index contributed by atoms with van der Waals surface area (Å²) in [4.78, 5) is 6.68. The summed E-state index contributed by atoms with van der Waals surface area (Å²) in [5, 5.41) is 0.590. The lowest BCUT2D eigenvalue weighted by Crippen LogP contribution is -2.54. The Balaban J connectivity index is 2.39. The van der Waals surface area contributed by atoms with Crippen molar-refractivity contribution in [1.82, 2.24) is 9.88 Å². The molecule has 1 fully saturated rings. The highest BCUT2D eigenvalue weighted by atomic mass is 35.5. The van der Waals surface area contributed by atoms with E-state index in [0.717, 1.165) is 31.5 Å². The van der Waals surface area contributed by atoms with Crippen molar-refractivity contribution in [1.29, 1.82) is 0 Å². The Morgan fingerprint density at radius 1 is 1.35 bits per heavy atom. The highest BCUT2D eigenvalue weighted by Crippen LogP contribution is 2.39. The highest BCUT2D eigenvalue weighted by molar-refractivity contribution is 6.30. The van der Waals surface area contributed by atoms with Crippen LogP contribution in [0.15, 0.2) is 12.3 Å². The summed E-state index contributed by atoms with van der Waals surface area (Å²) in [7, 11) is 0. The molecule has 4 nitrogen and oxygen atoms in total. The smallest absolute Gasteiger partial charge is 0.128 e. The van der Waals surface area contributed by atoms with Gasteiger partial charge in [-0.15, -0.1) is 0 Å². The molecule has 1 aliphatic heterocycles. The number of nitrogens with two attached hydrogens (primary N) is 2. The maximum atomic E-state index is 6.62. The summed E-state index contributed by atoms with van der Waals surface area (Å²) in [6.07, 6.45) is 6.06. The summed E-state index contributed by atoms with van der Waals surface area (Å²) in [6, 6.07) is 1.70. The van der Waals surface area contributed by atoms with Gasteiger partial charge in [-0.25, -0.2) is 4.98 Å². The fourth-order valence-electron chi connectivity index (χ4n) is 3.50. The predicted molar refractivity (Wildman–Crippen MR) is 84.7 cm³/mol. The van der Waals surface area contributed by atoms with E-state index in [0.29, 0.717) is 10.8 Å². The highest BCUT2D eigenvalue weighted by Gasteiger charge is 2.41. The molecule has 1 unspecified atom stereocenters. The molecule has 0 saturated carbocycles. The van der Waals surface area contributed by atoms with Crippen molar-refractivity contribution in [3.05, 3.63) is 22.8 Å². The molecule has 1 saturated heterocycles. The van der Waals surface area contributed by atoms with Crippen LogP contribution in [0.2, 0.25) is 5.02 Å². The molecule has 0 aromatic carbocycles. The number of halogens is 1. The molecule has 2 heterocycles. The molecule has 0 amide bonds. The van der Waals surface area contributed by atoms with Crippen LogP contribution in [0.25, 0.3) is 0 Å². The van der Waals surface area contributed by atoms with Gasteiger partial charge in [0, 0.05) is 17.3 Å². The lowest BCUT2D eigenvalue weighted by atomic mass is 9.80. The van der Waals surface area contributed by atoms with Crippen molar-refractivity contribution in [2.24, 2.45) is 5.73 Å². The number of aromatic nitrogens is 1. The standard InChI is InChI=1S/C15H25ClN4/c1-3-15(4-2,20-7-5-6-8-20)13(17)12-9-11(16)10-19-14(12)18/h9-10,13H,3-8,17H2,1-2H3,(H2,18,19). The first kappa shape index (κ1) is 15.5. The number of hydrogen-bond donors (Lipinski definition) is 2. The minimum atomic E-state index is -0.165. The summed E-state index contributed by atoms with van der Waals surface area (Å²) in [6.45, 7) is 6.64. The van der Waals surface area contributed by atoms with E-state index in [1.54, 1.807) is 6.20 Å². The number of rotatable bonds is 5. The molecular formula is C15H25ClN4. The molecule has 0 bridgehead atoms. The van der Waals surface area contributed by atoms with Gasteiger partial charge in [-0.1, -0.05) is 25.4 Å². The van der Waals surface area contributed by atoms with E-state index in [9.17, 15) is 0 Å². The number of hydrogen-bond acceptors (Lipinski definition) is 4. The molecule has 1 aromatic rings. The molecule has 0 radical (unpaired) electrons. The first-order valence-electron chi connectivity index (χ1n) is 7.46. The van der Waals surface area contributed by atoms with Crippen molar-refractivity contribution in [2.45, 2.75) is 51.1 Å². The van der Waals surface area contributed by atoms with Gasteiger partial charge in [-0.3, -0.25) is 4.90 Å². The van der Waals surface area contributed by atoms with Crippen LogP contribution < -0.4 is 11.5 Å². The van der Waals surface area contributed by atoms with Gasteiger partial charge in [0.05, 0.1) is 11.1 Å². The zero-order valence-corrected chi connectivity index (χ0v) is 13.2. The van der Waals surface area contributed by atoms with Gasteiger partial charge in [0.2, 0.25) is 0 Å². The zero-order chi connectivity index (χ0) is 14.8. The maximum absolute atomic E-state index is 6.62. The average molecular weight is 297 g/mol. The lowest BCUT2D eigenvalue weighted by Gasteiger charge is -2.45. The molecule has 4 N–H and O–H groups in total. The molecule has 20 heavy (non-hydrogen) atoms. The van der Waals surface area contributed by atoms with Crippen LogP contribution in [-0.4, -0.2) is 28.5 Å². The minimum absolute atomic E-state index is 0.0585. The van der Waals surface area contributed by atoms with Gasteiger partial charge in [-0.05, 0) is 44.8 Å². The third-order valence-electron chi connectivity index (χ3n) is 4.79. The van der Waals surface area contributed by atoms with Crippen molar-refractivity contribution in [2.75, 3.05) is 18.8 Å². The Bertz CT molecular complexity index is 453. The summed E-state index contributed by atoms with van der Waals surface area (Å²) >= 11 is 6.07. The Morgan fingerprint density at radius 3 is 2.50 bits per heavy atom. The monoisotopic (exact) mass is 296 g/mol. The second-order valence-corrected chi connectivity index (χ2v) is 6.05. The Kier molecular flexibility index (Phi) is 4.89. The van der Waals surface area contributed by atoms with Crippen molar-refractivity contribution in [3.63, 3.8) is 0 Å². The SMILES string of the molecule is CCC(CC)(C(N)c1cc(Cl)cnc1N)N1CCCC1. The fraction of sp³-hybridized carbons (Fsp3) is 0.667. The molecule has 0 aliphatic carbocycles. The third kappa shape index (κ3) is 2.65. The van der Waals surface area contributed by atoms with Crippen LogP contribution >= 0.6 is 11.6 Å². The number of pyridine rings is 1. The van der Waals surface area contributed by atoms with E-state index in [-0.39, 0.29) is 11.6 Å². The van der Waals surface area contributed by atoms with Gasteiger partial charge in [-0.2, -0.15) is 0 Å². The molecule has 1 aliphatic rings. The first-order valence-corrected chi connectivity index (χ1v) is 7.84. The molecule has 5 heteroatoms. The number of nitrogen functional groups attached to an aromatic ring is 1. The zero-order valence-electron chi connectivity index (χ0n) is 12.4. The second-order valence-electron chi connectivity index (χ2n) is 5.61. The largest absolute Gasteiger partial charge is 0.383 e. The first-order chi connectivity index (χ1) is 9.55. The average Bonchev–Trinajstić information content (AvgIpc) is 2.98. The van der Waals surface area contributed by atoms with Gasteiger partial charge < -0.3 is 11.5 Å². The summed E-state index contributed by atoms with van der Waals surface area (Å²) in [5.41, 5.74) is 13.5. The van der Waals surface area contributed by atoms with Gasteiger partial charge >= 0.3 is 0 Å². The van der Waals surface area contributed by atoms with E-state index < -0.39 is 0 Å². The van der Waals surface area contributed by atoms with Crippen LogP contribution in [0.4, 0.5) is 5.82 Å². The number of anilines is 1. The van der Waals surface area contributed by atoms with E-state index in [1.165, 1.54) is 12.8 Å². The van der Waals surface area contributed by atoms with Crippen LogP contribution in [-0.2, 0) is 0 Å². The molecule has 1 atom stereocenters. The Hall–Kier alpha value is -0.840. The van der Waals surface area contributed by atoms with Crippen molar-refractivity contribution < 1.29 is 0 Å². The third-order valence-corrected chi connectivity index (χ3v) is 5.00. The molecule has 1 aromatic heterocycles. The Morgan fingerprint density at radius 2 is 1.95 bits per heavy atom. The van der Waals surface area contributed by atoms with E-state index in [1.807, 2.05) is 6.07 Å². The van der Waals surface area contributed by atoms with Crippen molar-refractivity contribution >= 4 is 17.4 Å². The summed E-state index contributed by atoms with van der Waals surface area (Å²) < 4.78 is 0. The number of likely N-dealkylation sites (tertiary alicyclic amines) is 1. The van der Waals surface area contributed by atoms with Gasteiger partial charge in [0.1, 0.15) is 5.82 Å². The van der Waals surface area contributed by atoms with Gasteiger partial charge in [0.25, 0.3) is 0 Å². The second kappa shape index (κ2) is 6.29. The Labute approximate surface area is 126 Å². The molecule has 2 rings (SSSR count). The topological polar surface area (TPSA) is 68.2 Å². The quantitative estimate of drug-likeness (QED) is 0.876. The van der Waals surface area contributed by atoms with E-state index in [4.69, 9.17) is 23.1 Å². The molecular weight excluding hydrogens is 272 g/mol. The van der Waals surface area contributed by atoms with E-state index in [2.05, 4.69) is 23.7 Å². The van der Waals surface area contributed by atoms with Crippen molar-refractivity contribution in [3.8, 4) is 0 Å². The molecule has 112 valence electrons. The van der Waals surface area contributed by atoms with Crippen LogP contribution in [0, 0.1) is 0 Å². The number of nitrogens with zero attached hydrogens (tertiary/aromatic N) is 2. The van der Waals surface area contributed by atoms with Crippen LogP contribution in [0.5, 0.6) is 0 Å².